The number of imide groups is 1. The van der Waals surface area contributed by atoms with Gasteiger partial charge in [-0.1, -0.05) is 25.4 Å². The second-order valence-corrected chi connectivity index (χ2v) is 12.4. The highest BCUT2D eigenvalue weighted by molar-refractivity contribution is 7.19. The summed E-state index contributed by atoms with van der Waals surface area (Å²) in [6, 6.07) is 9.73. The van der Waals surface area contributed by atoms with Gasteiger partial charge in [-0.05, 0) is 56.3 Å². The van der Waals surface area contributed by atoms with Crippen molar-refractivity contribution in [1.82, 2.24) is 19.8 Å². The van der Waals surface area contributed by atoms with Gasteiger partial charge < -0.3 is 9.88 Å². The van der Waals surface area contributed by atoms with Crippen LogP contribution >= 0.6 is 22.9 Å². The molecule has 2 amide bonds. The van der Waals surface area contributed by atoms with Gasteiger partial charge in [0.2, 0.25) is 11.8 Å². The predicted octanol–water partition coefficient (Wildman–Crippen LogP) is 5.95. The predicted molar refractivity (Wildman–Crippen MR) is 145 cm³/mol. The first-order valence-corrected chi connectivity index (χ1v) is 13.7. The summed E-state index contributed by atoms with van der Waals surface area (Å²) in [5.74, 6) is -0.288. The molecule has 0 saturated carbocycles. The SMILES string of the molecule is CC1(C)CC(=O)N(Cc2cc3nccc(-c4cc(Cl)cc5ccn(CC6(F)CCNCC6)c45)c3s2)C1=O. The Kier molecular flexibility index (Phi) is 5.89. The number of likely N-dealkylation sites (tertiary alicyclic amines) is 1. The molecule has 0 bridgehead atoms. The second-order valence-electron chi connectivity index (χ2n) is 10.9. The van der Waals surface area contributed by atoms with Gasteiger partial charge in [0.15, 0.2) is 0 Å². The summed E-state index contributed by atoms with van der Waals surface area (Å²) in [5, 5.41) is 4.80. The number of benzene rings is 1. The Morgan fingerprint density at radius 2 is 1.92 bits per heavy atom. The number of pyridine rings is 1. The Labute approximate surface area is 223 Å². The Morgan fingerprint density at radius 3 is 2.65 bits per heavy atom. The third kappa shape index (κ3) is 4.35. The number of amides is 2. The first-order chi connectivity index (χ1) is 17.6. The molecule has 2 aliphatic rings. The van der Waals surface area contributed by atoms with Crippen LogP contribution in [0.2, 0.25) is 5.02 Å². The number of nitrogens with one attached hydrogen (secondary N) is 1. The zero-order chi connectivity index (χ0) is 25.9. The zero-order valence-corrected chi connectivity index (χ0v) is 22.4. The fraction of sp³-hybridized carbons (Fsp3) is 0.393. The molecule has 0 unspecified atom stereocenters. The van der Waals surface area contributed by atoms with Crippen molar-refractivity contribution in [1.29, 1.82) is 0 Å². The molecular weight excluding hydrogens is 511 g/mol. The molecule has 0 spiro atoms. The Hall–Kier alpha value is -2.81. The number of piperidine rings is 1. The van der Waals surface area contributed by atoms with Crippen LogP contribution in [0.1, 0.15) is 38.0 Å². The lowest BCUT2D eigenvalue weighted by Gasteiger charge is -2.31. The number of rotatable bonds is 5. The fourth-order valence-electron chi connectivity index (χ4n) is 5.61. The molecule has 2 saturated heterocycles. The first kappa shape index (κ1) is 24.5. The average molecular weight is 539 g/mol. The molecule has 0 atom stereocenters. The Morgan fingerprint density at radius 1 is 1.14 bits per heavy atom. The molecule has 0 radical (unpaired) electrons. The zero-order valence-electron chi connectivity index (χ0n) is 20.8. The van der Waals surface area contributed by atoms with E-state index >= 15 is 4.39 Å². The number of hydrogen-bond acceptors (Lipinski definition) is 5. The van der Waals surface area contributed by atoms with Crippen molar-refractivity contribution in [3.8, 4) is 11.1 Å². The molecule has 1 N–H and O–H groups in total. The summed E-state index contributed by atoms with van der Waals surface area (Å²) in [6.45, 7) is 5.49. The molecule has 2 aliphatic heterocycles. The summed E-state index contributed by atoms with van der Waals surface area (Å²) >= 11 is 8.07. The standard InChI is InChI=1S/C28H28ClFN4O2S/c1-27(2)14-23(35)34(26(27)36)15-19-13-22-25(37-19)20(3-7-32-22)21-12-18(29)11-17-4-10-33(24(17)21)16-28(30)5-8-31-9-6-28/h3-4,7,10-13,31H,5-6,8-9,14-16H2,1-2H3. The highest BCUT2D eigenvalue weighted by Gasteiger charge is 2.44. The van der Waals surface area contributed by atoms with Crippen molar-refractivity contribution >= 4 is 55.9 Å². The monoisotopic (exact) mass is 538 g/mol. The van der Waals surface area contributed by atoms with E-state index in [1.54, 1.807) is 6.20 Å². The summed E-state index contributed by atoms with van der Waals surface area (Å²) < 4.78 is 18.6. The molecule has 5 heterocycles. The van der Waals surface area contributed by atoms with Crippen LogP contribution in [-0.2, 0) is 22.7 Å². The van der Waals surface area contributed by atoms with E-state index in [1.165, 1.54) is 16.2 Å². The van der Waals surface area contributed by atoms with Crippen LogP contribution in [0.25, 0.3) is 32.2 Å². The number of carbonyl (C=O) groups is 2. The van der Waals surface area contributed by atoms with E-state index in [-0.39, 0.29) is 31.3 Å². The number of hydrogen-bond donors (Lipinski definition) is 1. The van der Waals surface area contributed by atoms with Gasteiger partial charge in [-0.3, -0.25) is 19.5 Å². The van der Waals surface area contributed by atoms with E-state index in [0.29, 0.717) is 31.0 Å². The molecule has 192 valence electrons. The fourth-order valence-corrected chi connectivity index (χ4v) is 6.97. The molecule has 37 heavy (non-hydrogen) atoms. The van der Waals surface area contributed by atoms with Gasteiger partial charge >= 0.3 is 0 Å². The molecule has 2 fully saturated rings. The largest absolute Gasteiger partial charge is 0.344 e. The van der Waals surface area contributed by atoms with E-state index in [1.807, 2.05) is 54.9 Å². The lowest BCUT2D eigenvalue weighted by atomic mass is 9.92. The summed E-state index contributed by atoms with van der Waals surface area (Å²) in [5.41, 5.74) is 1.67. The number of alkyl halides is 1. The van der Waals surface area contributed by atoms with Crippen molar-refractivity contribution in [2.24, 2.45) is 5.41 Å². The number of carbonyl (C=O) groups excluding carboxylic acids is 2. The van der Waals surface area contributed by atoms with Crippen LogP contribution in [0.3, 0.4) is 0 Å². The average Bonchev–Trinajstić information content (AvgIpc) is 3.49. The first-order valence-electron chi connectivity index (χ1n) is 12.5. The van der Waals surface area contributed by atoms with E-state index in [0.717, 1.165) is 37.1 Å². The molecule has 6 rings (SSSR count). The minimum absolute atomic E-state index is 0.143. The number of nitrogens with zero attached hydrogens (tertiary/aromatic N) is 3. The number of thiophene rings is 1. The molecule has 3 aromatic heterocycles. The topological polar surface area (TPSA) is 67.2 Å². The van der Waals surface area contributed by atoms with Crippen LogP contribution in [0.5, 0.6) is 0 Å². The number of aromatic nitrogens is 2. The van der Waals surface area contributed by atoms with E-state index in [4.69, 9.17) is 11.6 Å². The highest BCUT2D eigenvalue weighted by Crippen LogP contribution is 2.41. The lowest BCUT2D eigenvalue weighted by molar-refractivity contribution is -0.141. The van der Waals surface area contributed by atoms with Crippen LogP contribution in [0, 0.1) is 5.41 Å². The quantitative estimate of drug-likeness (QED) is 0.319. The minimum Gasteiger partial charge on any atom is -0.344 e. The van der Waals surface area contributed by atoms with Crippen LogP contribution in [0.15, 0.2) is 42.7 Å². The molecule has 1 aromatic carbocycles. The molecule has 6 nitrogen and oxygen atoms in total. The van der Waals surface area contributed by atoms with Gasteiger partial charge in [0.25, 0.3) is 0 Å². The van der Waals surface area contributed by atoms with Gasteiger partial charge in [-0.25, -0.2) is 4.39 Å². The van der Waals surface area contributed by atoms with E-state index < -0.39 is 11.1 Å². The molecule has 0 aliphatic carbocycles. The van der Waals surface area contributed by atoms with Crippen LogP contribution < -0.4 is 5.32 Å². The molecule has 9 heteroatoms. The van der Waals surface area contributed by atoms with Gasteiger partial charge in [-0.2, -0.15) is 0 Å². The smallest absolute Gasteiger partial charge is 0.235 e. The van der Waals surface area contributed by atoms with Gasteiger partial charge in [0.05, 0.1) is 34.2 Å². The minimum atomic E-state index is -1.26. The normalized spacial score (nSPS) is 19.4. The molecule has 4 aromatic rings. The van der Waals surface area contributed by atoms with Crippen molar-refractivity contribution in [2.45, 2.75) is 51.9 Å². The van der Waals surface area contributed by atoms with Crippen molar-refractivity contribution < 1.29 is 14.0 Å². The maximum atomic E-state index is 15.7. The number of fused-ring (bicyclic) bond motifs is 2. The van der Waals surface area contributed by atoms with Gasteiger partial charge in [0.1, 0.15) is 5.67 Å². The Bertz CT molecular complexity index is 1550. The van der Waals surface area contributed by atoms with Crippen LogP contribution in [0.4, 0.5) is 4.39 Å². The highest BCUT2D eigenvalue weighted by atomic mass is 35.5. The number of halogens is 2. The third-order valence-electron chi connectivity index (χ3n) is 7.56. The second kappa shape index (κ2) is 8.89. The van der Waals surface area contributed by atoms with Gasteiger partial charge in [-0.15, -0.1) is 11.3 Å². The van der Waals surface area contributed by atoms with Crippen molar-refractivity contribution in [3.63, 3.8) is 0 Å². The lowest BCUT2D eigenvalue weighted by Crippen LogP contribution is -2.41. The maximum Gasteiger partial charge on any atom is 0.235 e. The van der Waals surface area contributed by atoms with E-state index in [2.05, 4.69) is 10.3 Å². The summed E-state index contributed by atoms with van der Waals surface area (Å²) in [7, 11) is 0. The van der Waals surface area contributed by atoms with Crippen LogP contribution in [-0.4, -0.2) is 45.0 Å². The van der Waals surface area contributed by atoms with Crippen molar-refractivity contribution in [3.05, 3.63) is 52.6 Å². The molecular formula is C28H28ClFN4O2S. The summed E-state index contributed by atoms with van der Waals surface area (Å²) in [4.78, 5) is 32.1. The van der Waals surface area contributed by atoms with Gasteiger partial charge in [0, 0.05) is 45.2 Å². The third-order valence-corrected chi connectivity index (χ3v) is 8.92. The summed E-state index contributed by atoms with van der Waals surface area (Å²) in [6.07, 6.45) is 4.89. The van der Waals surface area contributed by atoms with Crippen molar-refractivity contribution in [2.75, 3.05) is 13.1 Å². The van der Waals surface area contributed by atoms with E-state index in [9.17, 15) is 9.59 Å². The Balaban J connectivity index is 1.43. The maximum absolute atomic E-state index is 15.7.